The van der Waals surface area contributed by atoms with Crippen LogP contribution in [0, 0.1) is 10.8 Å². The van der Waals surface area contributed by atoms with E-state index < -0.39 is 13.4 Å². The summed E-state index contributed by atoms with van der Waals surface area (Å²) in [5.74, 6) is 0. The van der Waals surface area contributed by atoms with Gasteiger partial charge in [0.2, 0.25) is 0 Å². The zero-order chi connectivity index (χ0) is 20.2. The molecule has 0 spiro atoms. The van der Waals surface area contributed by atoms with Gasteiger partial charge in [0.1, 0.15) is 24.4 Å². The Kier molecular flexibility index (Phi) is 6.21. The lowest BCUT2D eigenvalue weighted by Gasteiger charge is -2.37. The first-order chi connectivity index (χ1) is 13.0. The third-order valence-corrected chi connectivity index (χ3v) is 9.57. The van der Waals surface area contributed by atoms with Crippen molar-refractivity contribution in [2.45, 2.75) is 52.1 Å². The Morgan fingerprint density at radius 1 is 0.679 bits per heavy atom. The largest absolute Gasteiger partial charge is 0.370 e. The molecule has 0 amide bonds. The van der Waals surface area contributed by atoms with Gasteiger partial charge in [-0.1, -0.05) is 27.7 Å². The molecular weight excluding hydrogens is 446 g/mol. The fourth-order valence-electron chi connectivity index (χ4n) is 3.24. The highest BCUT2D eigenvalue weighted by atomic mass is 32.5. The topological polar surface area (TPSA) is 73.8 Å². The summed E-state index contributed by atoms with van der Waals surface area (Å²) in [4.78, 5) is 0. The van der Waals surface area contributed by atoms with Crippen LogP contribution in [0.3, 0.4) is 0 Å². The Morgan fingerprint density at radius 2 is 1.00 bits per heavy atom. The maximum Gasteiger partial charge on any atom is 0.327 e. The lowest BCUT2D eigenvalue weighted by molar-refractivity contribution is -0.0279. The molecule has 0 aromatic heterocycles. The standard InChI is InChI=1S/C16H28O8P2S2/c1-15(2)7-19-25(27,20-8-15)23-11-5-17-14-12(6-18-13(11)14)24-26(28)21-9-16(3,4)10-22-26/h11-14H,5-10H2,1-4H3/t11-,12-,13-,14+/m0/s1. The number of ether oxygens (including phenoxy) is 2. The van der Waals surface area contributed by atoms with Gasteiger partial charge in [0.05, 0.1) is 39.6 Å². The molecule has 0 N–H and O–H groups in total. The summed E-state index contributed by atoms with van der Waals surface area (Å²) in [6.07, 6.45) is -1.35. The van der Waals surface area contributed by atoms with Gasteiger partial charge in [-0.05, 0) is 23.6 Å². The highest BCUT2D eigenvalue weighted by molar-refractivity contribution is 8.07. The average molecular weight is 474 g/mol. The van der Waals surface area contributed by atoms with Crippen molar-refractivity contribution in [3.63, 3.8) is 0 Å². The van der Waals surface area contributed by atoms with Crippen molar-refractivity contribution in [1.29, 1.82) is 0 Å². The van der Waals surface area contributed by atoms with Crippen molar-refractivity contribution >= 4 is 37.1 Å². The monoisotopic (exact) mass is 474 g/mol. The van der Waals surface area contributed by atoms with E-state index in [2.05, 4.69) is 27.7 Å². The first-order valence-electron chi connectivity index (χ1n) is 9.37. The molecule has 0 saturated carbocycles. The highest BCUT2D eigenvalue weighted by Gasteiger charge is 2.53. The molecule has 4 aliphatic rings. The minimum Gasteiger partial charge on any atom is -0.370 e. The summed E-state index contributed by atoms with van der Waals surface area (Å²) in [6, 6.07) is 0. The molecule has 0 radical (unpaired) electrons. The molecule has 162 valence electrons. The van der Waals surface area contributed by atoms with Crippen molar-refractivity contribution in [1.82, 2.24) is 0 Å². The molecule has 4 heterocycles. The zero-order valence-electron chi connectivity index (χ0n) is 16.5. The molecule has 4 atom stereocenters. The second-order valence-corrected chi connectivity index (χ2v) is 15.1. The van der Waals surface area contributed by atoms with Gasteiger partial charge in [-0.3, -0.25) is 0 Å². The van der Waals surface area contributed by atoms with E-state index in [0.717, 1.165) is 0 Å². The van der Waals surface area contributed by atoms with Gasteiger partial charge in [0, 0.05) is 10.8 Å². The number of fused-ring (bicyclic) bond motifs is 1. The van der Waals surface area contributed by atoms with Crippen molar-refractivity contribution in [2.75, 3.05) is 39.6 Å². The van der Waals surface area contributed by atoms with Crippen LogP contribution >= 0.6 is 13.4 Å². The van der Waals surface area contributed by atoms with Gasteiger partial charge >= 0.3 is 13.4 Å². The normalized spacial score (nSPS) is 40.9. The van der Waals surface area contributed by atoms with Crippen LogP contribution < -0.4 is 0 Å². The maximum absolute atomic E-state index is 6.03. The second-order valence-electron chi connectivity index (χ2n) is 9.20. The fourth-order valence-corrected chi connectivity index (χ4v) is 7.98. The van der Waals surface area contributed by atoms with E-state index in [4.69, 9.17) is 60.2 Å². The highest BCUT2D eigenvalue weighted by Crippen LogP contribution is 2.59. The third-order valence-electron chi connectivity index (χ3n) is 4.95. The minimum absolute atomic E-state index is 0.0702. The van der Waals surface area contributed by atoms with E-state index in [9.17, 15) is 0 Å². The van der Waals surface area contributed by atoms with Crippen LogP contribution in [0.1, 0.15) is 27.7 Å². The predicted octanol–water partition coefficient (Wildman–Crippen LogP) is 3.15. The third kappa shape index (κ3) is 4.90. The van der Waals surface area contributed by atoms with Crippen LogP contribution in [-0.4, -0.2) is 64.1 Å². The van der Waals surface area contributed by atoms with Crippen LogP contribution in [0.2, 0.25) is 0 Å². The number of rotatable bonds is 4. The molecule has 0 aliphatic carbocycles. The fraction of sp³-hybridized carbons (Fsp3) is 1.00. The maximum atomic E-state index is 6.03. The first-order valence-corrected chi connectivity index (χ1v) is 14.5. The Labute approximate surface area is 176 Å². The van der Waals surface area contributed by atoms with E-state index in [0.29, 0.717) is 39.6 Å². The number of hydrogen-bond acceptors (Lipinski definition) is 10. The van der Waals surface area contributed by atoms with Crippen LogP contribution in [0.5, 0.6) is 0 Å². The van der Waals surface area contributed by atoms with Gasteiger partial charge in [0.15, 0.2) is 0 Å². The Balaban J connectivity index is 1.34. The molecule has 8 nitrogen and oxygen atoms in total. The lowest BCUT2D eigenvalue weighted by Crippen LogP contribution is -2.36. The average Bonchev–Trinajstić information content (AvgIpc) is 3.18. The summed E-state index contributed by atoms with van der Waals surface area (Å²) in [5, 5.41) is 0. The summed E-state index contributed by atoms with van der Waals surface area (Å²) in [6.45, 7) is 5.33. The molecule has 4 saturated heterocycles. The molecule has 0 aromatic rings. The molecular formula is C16H28O8P2S2. The van der Waals surface area contributed by atoms with Crippen LogP contribution in [0.4, 0.5) is 0 Å². The van der Waals surface area contributed by atoms with Crippen molar-refractivity contribution in [3.05, 3.63) is 0 Å². The van der Waals surface area contributed by atoms with Crippen molar-refractivity contribution in [3.8, 4) is 0 Å². The van der Waals surface area contributed by atoms with Gasteiger partial charge in [-0.2, -0.15) is 0 Å². The van der Waals surface area contributed by atoms with E-state index in [1.165, 1.54) is 0 Å². The second kappa shape index (κ2) is 7.84. The molecule has 4 rings (SSSR count). The Hall–Kier alpha value is 0.980. The van der Waals surface area contributed by atoms with Crippen molar-refractivity contribution in [2.24, 2.45) is 10.8 Å². The Morgan fingerprint density at radius 3 is 1.32 bits per heavy atom. The quantitative estimate of drug-likeness (QED) is 0.568. The summed E-state index contributed by atoms with van der Waals surface area (Å²) in [5.41, 5.74) is -0.140. The molecule has 28 heavy (non-hydrogen) atoms. The zero-order valence-corrected chi connectivity index (χ0v) is 20.0. The van der Waals surface area contributed by atoms with Gasteiger partial charge < -0.3 is 36.6 Å². The van der Waals surface area contributed by atoms with Crippen LogP contribution in [0.25, 0.3) is 0 Å². The van der Waals surface area contributed by atoms with Crippen LogP contribution in [-0.2, 0) is 60.2 Å². The Bertz CT molecular complexity index is 616. The van der Waals surface area contributed by atoms with Gasteiger partial charge in [-0.15, -0.1) is 0 Å². The predicted molar refractivity (Wildman–Crippen MR) is 109 cm³/mol. The van der Waals surface area contributed by atoms with E-state index in [1.54, 1.807) is 0 Å². The summed E-state index contributed by atoms with van der Waals surface area (Å²) in [7, 11) is 0. The molecule has 4 aliphatic heterocycles. The van der Waals surface area contributed by atoms with E-state index >= 15 is 0 Å². The first kappa shape index (κ1) is 22.2. The number of hydrogen-bond donors (Lipinski definition) is 0. The van der Waals surface area contributed by atoms with Crippen molar-refractivity contribution < 1.29 is 36.6 Å². The van der Waals surface area contributed by atoms with E-state index in [1.807, 2.05) is 0 Å². The molecule has 0 aromatic carbocycles. The van der Waals surface area contributed by atoms with E-state index in [-0.39, 0.29) is 35.2 Å². The molecule has 0 bridgehead atoms. The van der Waals surface area contributed by atoms with Crippen LogP contribution in [0.15, 0.2) is 0 Å². The molecule has 12 heteroatoms. The molecule has 4 fully saturated rings. The summed E-state index contributed by atoms with van der Waals surface area (Å²) >= 11 is 11.0. The van der Waals surface area contributed by atoms with Gasteiger partial charge in [0.25, 0.3) is 0 Å². The molecule has 0 unspecified atom stereocenters. The summed E-state index contributed by atoms with van der Waals surface area (Å²) < 4.78 is 46.9. The minimum atomic E-state index is -2.80. The lowest BCUT2D eigenvalue weighted by atomic mass is 9.97. The SMILES string of the molecule is CC1(C)COP(=S)(O[C@H]2CO[C@H]3[C@H]2OC[C@@H]3OP2(=S)OCC(C)(C)CO2)OC1. The van der Waals surface area contributed by atoms with Gasteiger partial charge in [-0.25, -0.2) is 0 Å². The smallest absolute Gasteiger partial charge is 0.327 e.